The molecule has 0 aromatic carbocycles. The lowest BCUT2D eigenvalue weighted by Gasteiger charge is -2.36. The van der Waals surface area contributed by atoms with Gasteiger partial charge in [0.15, 0.2) is 0 Å². The van der Waals surface area contributed by atoms with Crippen molar-refractivity contribution >= 4 is 17.7 Å². The van der Waals surface area contributed by atoms with Gasteiger partial charge in [0.2, 0.25) is 17.7 Å². The van der Waals surface area contributed by atoms with Crippen LogP contribution in [-0.4, -0.2) is 59.2 Å². The summed E-state index contributed by atoms with van der Waals surface area (Å²) >= 11 is 0. The maximum absolute atomic E-state index is 13.0. The SMILES string of the molecule is CC(C)C(=O)N1CCCC1C(=O)N1CCC(C(=O)NC2CCCCC2)CC1. The van der Waals surface area contributed by atoms with Crippen LogP contribution in [0.15, 0.2) is 0 Å². The van der Waals surface area contributed by atoms with Crippen LogP contribution in [0.1, 0.15) is 71.6 Å². The highest BCUT2D eigenvalue weighted by molar-refractivity contribution is 5.89. The number of amides is 3. The summed E-state index contributed by atoms with van der Waals surface area (Å²) in [6.07, 6.45) is 9.04. The van der Waals surface area contributed by atoms with Gasteiger partial charge in [-0.25, -0.2) is 0 Å². The first-order valence-electron chi connectivity index (χ1n) is 10.9. The van der Waals surface area contributed by atoms with Crippen molar-refractivity contribution < 1.29 is 14.4 Å². The van der Waals surface area contributed by atoms with Gasteiger partial charge in [0.05, 0.1) is 0 Å². The fourth-order valence-electron chi connectivity index (χ4n) is 4.76. The molecule has 152 valence electrons. The van der Waals surface area contributed by atoms with E-state index in [1.54, 1.807) is 4.90 Å². The normalized spacial score (nSPS) is 25.1. The minimum Gasteiger partial charge on any atom is -0.353 e. The van der Waals surface area contributed by atoms with E-state index in [0.717, 1.165) is 38.5 Å². The monoisotopic (exact) mass is 377 g/mol. The van der Waals surface area contributed by atoms with Gasteiger partial charge in [-0.2, -0.15) is 0 Å². The number of carbonyl (C=O) groups is 3. The van der Waals surface area contributed by atoms with Crippen molar-refractivity contribution in [1.29, 1.82) is 0 Å². The van der Waals surface area contributed by atoms with Crippen LogP contribution < -0.4 is 5.32 Å². The standard InChI is InChI=1S/C21H35N3O3/c1-15(2)20(26)24-12-6-9-18(24)21(27)23-13-10-16(11-14-23)19(25)22-17-7-4-3-5-8-17/h15-18H,3-14H2,1-2H3,(H,22,25). The van der Waals surface area contributed by atoms with Gasteiger partial charge in [-0.15, -0.1) is 0 Å². The first-order chi connectivity index (χ1) is 13.0. The highest BCUT2D eigenvalue weighted by Gasteiger charge is 2.38. The van der Waals surface area contributed by atoms with Crippen molar-refractivity contribution in [3.05, 3.63) is 0 Å². The molecule has 6 heteroatoms. The lowest BCUT2D eigenvalue weighted by Crippen LogP contribution is -2.52. The van der Waals surface area contributed by atoms with Crippen LogP contribution in [0.25, 0.3) is 0 Å². The highest BCUT2D eigenvalue weighted by atomic mass is 16.2. The molecule has 1 N–H and O–H groups in total. The summed E-state index contributed by atoms with van der Waals surface area (Å²) in [5.74, 6) is 0.271. The van der Waals surface area contributed by atoms with E-state index in [1.807, 2.05) is 18.7 Å². The highest BCUT2D eigenvalue weighted by Crippen LogP contribution is 2.25. The molecule has 0 spiro atoms. The second-order valence-electron chi connectivity index (χ2n) is 8.79. The van der Waals surface area contributed by atoms with Gasteiger partial charge < -0.3 is 15.1 Å². The Labute approximate surface area is 163 Å². The Kier molecular flexibility index (Phi) is 6.77. The fraction of sp³-hybridized carbons (Fsp3) is 0.857. The van der Waals surface area contributed by atoms with Crippen molar-refractivity contribution in [2.45, 2.75) is 83.7 Å². The number of nitrogens with one attached hydrogen (secondary N) is 1. The summed E-state index contributed by atoms with van der Waals surface area (Å²) in [4.78, 5) is 41.5. The molecule has 0 radical (unpaired) electrons. The molecule has 27 heavy (non-hydrogen) atoms. The Bertz CT molecular complexity index is 549. The minimum absolute atomic E-state index is 0.0213. The molecule has 0 bridgehead atoms. The average Bonchev–Trinajstić information content (AvgIpc) is 3.17. The maximum atomic E-state index is 13.0. The molecule has 3 rings (SSSR count). The number of rotatable bonds is 4. The maximum Gasteiger partial charge on any atom is 0.245 e. The molecule has 2 heterocycles. The Balaban J connectivity index is 1.48. The van der Waals surface area contributed by atoms with E-state index in [-0.39, 0.29) is 35.6 Å². The zero-order valence-electron chi connectivity index (χ0n) is 16.9. The molecule has 0 aromatic heterocycles. The van der Waals surface area contributed by atoms with Gasteiger partial charge in [-0.3, -0.25) is 14.4 Å². The average molecular weight is 378 g/mol. The zero-order chi connectivity index (χ0) is 19.4. The number of carbonyl (C=O) groups excluding carboxylic acids is 3. The minimum atomic E-state index is -0.299. The van der Waals surface area contributed by atoms with Crippen LogP contribution in [0.5, 0.6) is 0 Å². The largest absolute Gasteiger partial charge is 0.353 e. The number of hydrogen-bond acceptors (Lipinski definition) is 3. The van der Waals surface area contributed by atoms with E-state index in [9.17, 15) is 14.4 Å². The van der Waals surface area contributed by atoms with E-state index < -0.39 is 0 Å². The molecule has 6 nitrogen and oxygen atoms in total. The molecule has 2 saturated heterocycles. The molecule has 2 aliphatic heterocycles. The third-order valence-electron chi connectivity index (χ3n) is 6.44. The summed E-state index contributed by atoms with van der Waals surface area (Å²) in [5.41, 5.74) is 0. The lowest BCUT2D eigenvalue weighted by atomic mass is 9.92. The van der Waals surface area contributed by atoms with Crippen molar-refractivity contribution in [3.8, 4) is 0 Å². The number of nitrogens with zero attached hydrogens (tertiary/aromatic N) is 2. The van der Waals surface area contributed by atoms with Crippen LogP contribution >= 0.6 is 0 Å². The summed E-state index contributed by atoms with van der Waals surface area (Å²) < 4.78 is 0. The molecule has 3 amide bonds. The number of hydrogen-bond donors (Lipinski definition) is 1. The summed E-state index contributed by atoms with van der Waals surface area (Å²) in [6.45, 7) is 5.72. The van der Waals surface area contributed by atoms with E-state index in [2.05, 4.69) is 5.32 Å². The quantitative estimate of drug-likeness (QED) is 0.817. The summed E-state index contributed by atoms with van der Waals surface area (Å²) in [7, 11) is 0. The van der Waals surface area contributed by atoms with Gasteiger partial charge >= 0.3 is 0 Å². The Morgan fingerprint density at radius 2 is 1.52 bits per heavy atom. The Morgan fingerprint density at radius 1 is 0.852 bits per heavy atom. The van der Waals surface area contributed by atoms with Crippen molar-refractivity contribution in [1.82, 2.24) is 15.1 Å². The van der Waals surface area contributed by atoms with Gasteiger partial charge in [-0.1, -0.05) is 33.1 Å². The van der Waals surface area contributed by atoms with Gasteiger partial charge in [0, 0.05) is 37.5 Å². The topological polar surface area (TPSA) is 69.7 Å². The summed E-state index contributed by atoms with van der Waals surface area (Å²) in [6, 6.07) is 0.0486. The van der Waals surface area contributed by atoms with E-state index >= 15 is 0 Å². The van der Waals surface area contributed by atoms with Gasteiger partial charge in [0.1, 0.15) is 6.04 Å². The number of likely N-dealkylation sites (tertiary alicyclic amines) is 2. The fourth-order valence-corrected chi connectivity index (χ4v) is 4.76. The van der Waals surface area contributed by atoms with E-state index in [1.165, 1.54) is 19.3 Å². The second kappa shape index (κ2) is 9.07. The first-order valence-corrected chi connectivity index (χ1v) is 10.9. The third-order valence-corrected chi connectivity index (χ3v) is 6.44. The molecule has 1 saturated carbocycles. The Hall–Kier alpha value is -1.59. The number of piperidine rings is 1. The predicted molar refractivity (Wildman–Crippen MR) is 104 cm³/mol. The van der Waals surface area contributed by atoms with Crippen molar-refractivity contribution in [2.24, 2.45) is 11.8 Å². The van der Waals surface area contributed by atoms with Crippen molar-refractivity contribution in [2.75, 3.05) is 19.6 Å². The van der Waals surface area contributed by atoms with Crippen LogP contribution in [0.2, 0.25) is 0 Å². The van der Waals surface area contributed by atoms with Crippen LogP contribution in [-0.2, 0) is 14.4 Å². The smallest absolute Gasteiger partial charge is 0.245 e. The van der Waals surface area contributed by atoms with Crippen LogP contribution in [0.4, 0.5) is 0 Å². The van der Waals surface area contributed by atoms with Crippen molar-refractivity contribution in [3.63, 3.8) is 0 Å². The molecule has 3 aliphatic rings. The predicted octanol–water partition coefficient (Wildman–Crippen LogP) is 2.32. The third kappa shape index (κ3) is 4.82. The van der Waals surface area contributed by atoms with Gasteiger partial charge in [0.25, 0.3) is 0 Å². The van der Waals surface area contributed by atoms with E-state index in [4.69, 9.17) is 0 Å². The zero-order valence-corrected chi connectivity index (χ0v) is 16.9. The molecule has 0 aromatic rings. The molecular formula is C21H35N3O3. The molecule has 3 fully saturated rings. The van der Waals surface area contributed by atoms with Crippen LogP contribution in [0.3, 0.4) is 0 Å². The lowest BCUT2D eigenvalue weighted by molar-refractivity contribution is -0.146. The molecule has 1 aliphatic carbocycles. The Morgan fingerprint density at radius 3 is 2.15 bits per heavy atom. The summed E-state index contributed by atoms with van der Waals surface area (Å²) in [5, 5.41) is 3.23. The molecule has 1 atom stereocenters. The van der Waals surface area contributed by atoms with Crippen LogP contribution in [0, 0.1) is 11.8 Å². The second-order valence-corrected chi connectivity index (χ2v) is 8.79. The first kappa shape index (κ1) is 20.2. The van der Waals surface area contributed by atoms with E-state index in [0.29, 0.717) is 25.7 Å². The molecular weight excluding hydrogens is 342 g/mol. The molecule has 1 unspecified atom stereocenters. The van der Waals surface area contributed by atoms with Gasteiger partial charge in [-0.05, 0) is 38.5 Å².